The van der Waals surface area contributed by atoms with Crippen LogP contribution in [0.2, 0.25) is 0 Å². The van der Waals surface area contributed by atoms with Crippen LogP contribution in [0.15, 0.2) is 47.4 Å². The number of para-hydroxylation sites is 1. The molecule has 12 heteroatoms. The summed E-state index contributed by atoms with van der Waals surface area (Å²) in [5, 5.41) is 11.9. The third kappa shape index (κ3) is 7.97. The summed E-state index contributed by atoms with van der Waals surface area (Å²) in [6.45, 7) is 4.09. The van der Waals surface area contributed by atoms with Crippen LogP contribution in [0.25, 0.3) is 0 Å². The lowest BCUT2D eigenvalue weighted by atomic mass is 10.1. The molecular formula is C23H29N3O8S. The molecule has 0 saturated carbocycles. The standard InChI is InChI=1S/C23H29N3O8S/c1-3-5-11-25-18-12-15(23(30)33-4-2)13-19(21(18)34-16-9-7-6-8-10-16)35(31,32)26-22(29)17(24)14-20(27)28/h6-10,12-13,17,25H,3-5,11,14,24H2,1-2H3,(H,26,29)(H,27,28)/t17-/m0/s1. The number of sulfonamides is 1. The van der Waals surface area contributed by atoms with Crippen molar-refractivity contribution in [2.24, 2.45) is 5.73 Å². The van der Waals surface area contributed by atoms with Crippen LogP contribution in [-0.2, 0) is 24.3 Å². The van der Waals surface area contributed by atoms with Crippen LogP contribution in [0.5, 0.6) is 11.5 Å². The Kier molecular flexibility index (Phi) is 10.0. The van der Waals surface area contributed by atoms with Crippen LogP contribution >= 0.6 is 0 Å². The molecule has 5 N–H and O–H groups in total. The zero-order valence-corrected chi connectivity index (χ0v) is 20.3. The summed E-state index contributed by atoms with van der Waals surface area (Å²) in [5.41, 5.74) is 5.62. The van der Waals surface area contributed by atoms with Gasteiger partial charge in [-0.1, -0.05) is 31.5 Å². The molecule has 0 fully saturated rings. The maximum atomic E-state index is 13.3. The highest BCUT2D eigenvalue weighted by atomic mass is 32.2. The molecule has 11 nitrogen and oxygen atoms in total. The van der Waals surface area contributed by atoms with Crippen molar-refractivity contribution in [2.45, 2.75) is 44.0 Å². The van der Waals surface area contributed by atoms with Gasteiger partial charge < -0.3 is 25.6 Å². The number of anilines is 1. The van der Waals surface area contributed by atoms with Crippen molar-refractivity contribution < 1.29 is 37.4 Å². The minimum absolute atomic E-state index is 0.0581. The molecule has 0 aromatic heterocycles. The number of hydrogen-bond donors (Lipinski definition) is 4. The zero-order valence-electron chi connectivity index (χ0n) is 19.4. The van der Waals surface area contributed by atoms with Crippen molar-refractivity contribution in [3.63, 3.8) is 0 Å². The molecule has 0 unspecified atom stereocenters. The number of amides is 1. The van der Waals surface area contributed by atoms with E-state index in [-0.39, 0.29) is 23.6 Å². The molecule has 0 aliphatic carbocycles. The average Bonchev–Trinajstić information content (AvgIpc) is 2.80. The van der Waals surface area contributed by atoms with Gasteiger partial charge in [0.15, 0.2) is 5.75 Å². The number of hydrogen-bond acceptors (Lipinski definition) is 9. The molecule has 2 aromatic rings. The molecule has 1 amide bonds. The fourth-order valence-corrected chi connectivity index (χ4v) is 4.12. The number of carboxylic acids is 1. The lowest BCUT2D eigenvalue weighted by molar-refractivity contribution is -0.139. The number of esters is 1. The molecule has 2 aromatic carbocycles. The number of nitrogens with one attached hydrogen (secondary N) is 2. The largest absolute Gasteiger partial charge is 0.481 e. The minimum Gasteiger partial charge on any atom is -0.481 e. The molecule has 0 bridgehead atoms. The Balaban J connectivity index is 2.63. The van der Waals surface area contributed by atoms with Gasteiger partial charge in [0.2, 0.25) is 0 Å². The van der Waals surface area contributed by atoms with Gasteiger partial charge in [-0.3, -0.25) is 9.59 Å². The van der Waals surface area contributed by atoms with E-state index in [2.05, 4.69) is 5.32 Å². The van der Waals surface area contributed by atoms with Gasteiger partial charge in [0.1, 0.15) is 10.6 Å². The molecule has 0 saturated heterocycles. The molecule has 0 aliphatic rings. The summed E-state index contributed by atoms with van der Waals surface area (Å²) < 4.78 is 39.2. The summed E-state index contributed by atoms with van der Waals surface area (Å²) in [6.07, 6.45) is 0.820. The number of carboxylic acid groups (broad SMARTS) is 1. The Labute approximate surface area is 203 Å². The molecule has 2 rings (SSSR count). The first-order valence-electron chi connectivity index (χ1n) is 10.9. The van der Waals surface area contributed by atoms with Gasteiger partial charge in [-0.2, -0.15) is 0 Å². The molecule has 0 radical (unpaired) electrons. The van der Waals surface area contributed by atoms with E-state index in [9.17, 15) is 22.8 Å². The monoisotopic (exact) mass is 507 g/mol. The van der Waals surface area contributed by atoms with Crippen LogP contribution in [0, 0.1) is 0 Å². The Bertz CT molecular complexity index is 1150. The lowest BCUT2D eigenvalue weighted by Crippen LogP contribution is -2.44. The van der Waals surface area contributed by atoms with E-state index < -0.39 is 45.2 Å². The van der Waals surface area contributed by atoms with Gasteiger partial charge in [-0.15, -0.1) is 0 Å². The number of nitrogens with two attached hydrogens (primary N) is 1. The van der Waals surface area contributed by atoms with Crippen molar-refractivity contribution >= 4 is 33.6 Å². The molecule has 1 atom stereocenters. The molecule has 190 valence electrons. The number of rotatable bonds is 13. The number of carbonyl (C=O) groups excluding carboxylic acids is 2. The lowest BCUT2D eigenvalue weighted by Gasteiger charge is -2.19. The van der Waals surface area contributed by atoms with Crippen molar-refractivity contribution in [2.75, 3.05) is 18.5 Å². The first-order valence-corrected chi connectivity index (χ1v) is 12.4. The Hall–Kier alpha value is -3.64. The van der Waals surface area contributed by atoms with Gasteiger partial charge in [0.05, 0.1) is 30.3 Å². The smallest absolute Gasteiger partial charge is 0.338 e. The predicted octanol–water partition coefficient (Wildman–Crippen LogP) is 2.47. The number of unbranched alkanes of at least 4 members (excludes halogenated alkanes) is 1. The highest BCUT2D eigenvalue weighted by Crippen LogP contribution is 2.38. The van der Waals surface area contributed by atoms with Crippen LogP contribution in [0.4, 0.5) is 5.69 Å². The predicted molar refractivity (Wildman–Crippen MR) is 128 cm³/mol. The normalized spacial score (nSPS) is 11.9. The number of benzene rings is 2. The van der Waals surface area contributed by atoms with E-state index in [1.165, 1.54) is 6.07 Å². The maximum Gasteiger partial charge on any atom is 0.338 e. The van der Waals surface area contributed by atoms with Crippen molar-refractivity contribution in [3.8, 4) is 11.5 Å². The summed E-state index contributed by atoms with van der Waals surface area (Å²) in [4.78, 5) is 35.1. The highest BCUT2D eigenvalue weighted by molar-refractivity contribution is 7.90. The topological polar surface area (TPSA) is 174 Å². The molecule has 0 heterocycles. The molecular weight excluding hydrogens is 478 g/mol. The second kappa shape index (κ2) is 12.7. The fourth-order valence-electron chi connectivity index (χ4n) is 2.92. The Morgan fingerprint density at radius 2 is 1.80 bits per heavy atom. The minimum atomic E-state index is -4.66. The summed E-state index contributed by atoms with van der Waals surface area (Å²) in [5.74, 6) is -3.22. The van der Waals surface area contributed by atoms with Gasteiger partial charge >= 0.3 is 11.9 Å². The maximum absolute atomic E-state index is 13.3. The van der Waals surface area contributed by atoms with Crippen molar-refractivity contribution in [1.82, 2.24) is 4.72 Å². The van der Waals surface area contributed by atoms with Crippen LogP contribution in [0.1, 0.15) is 43.5 Å². The number of aliphatic carboxylic acids is 1. The van der Waals surface area contributed by atoms with E-state index in [0.717, 1.165) is 18.9 Å². The van der Waals surface area contributed by atoms with Crippen molar-refractivity contribution in [3.05, 3.63) is 48.0 Å². The second-order valence-corrected chi connectivity index (χ2v) is 9.09. The summed E-state index contributed by atoms with van der Waals surface area (Å²) >= 11 is 0. The first kappa shape index (κ1) is 27.6. The van der Waals surface area contributed by atoms with E-state index in [0.29, 0.717) is 12.3 Å². The second-order valence-electron chi connectivity index (χ2n) is 7.44. The van der Waals surface area contributed by atoms with E-state index in [1.54, 1.807) is 42.0 Å². The fraction of sp³-hybridized carbons (Fsp3) is 0.348. The molecule has 0 spiro atoms. The van der Waals surface area contributed by atoms with Crippen LogP contribution in [-0.4, -0.2) is 50.6 Å². The molecule has 35 heavy (non-hydrogen) atoms. The van der Waals surface area contributed by atoms with Gasteiger partial charge in [0, 0.05) is 6.54 Å². The van der Waals surface area contributed by atoms with Crippen molar-refractivity contribution in [1.29, 1.82) is 0 Å². The third-order valence-corrected chi connectivity index (χ3v) is 5.98. The van der Waals surface area contributed by atoms with E-state index in [4.69, 9.17) is 20.3 Å². The van der Waals surface area contributed by atoms with Gasteiger partial charge in [0.25, 0.3) is 15.9 Å². The third-order valence-electron chi connectivity index (χ3n) is 4.63. The average molecular weight is 508 g/mol. The van der Waals surface area contributed by atoms with Gasteiger partial charge in [-0.05, 0) is 37.6 Å². The summed E-state index contributed by atoms with van der Waals surface area (Å²) in [6, 6.07) is 9.15. The number of carbonyl (C=O) groups is 3. The zero-order chi connectivity index (χ0) is 26.0. The number of ether oxygens (including phenoxy) is 2. The Morgan fingerprint density at radius 1 is 1.11 bits per heavy atom. The SMILES string of the molecule is CCCCNc1cc(C(=O)OCC)cc(S(=O)(=O)NC(=O)[C@@H](N)CC(=O)O)c1Oc1ccccc1. The Morgan fingerprint density at radius 3 is 2.40 bits per heavy atom. The summed E-state index contributed by atoms with van der Waals surface area (Å²) in [7, 11) is -4.66. The first-order chi connectivity index (χ1) is 16.6. The van der Waals surface area contributed by atoms with E-state index in [1.807, 2.05) is 6.92 Å². The van der Waals surface area contributed by atoms with Gasteiger partial charge in [-0.25, -0.2) is 17.9 Å². The van der Waals surface area contributed by atoms with Crippen LogP contribution < -0.4 is 20.5 Å². The molecule has 0 aliphatic heterocycles. The van der Waals surface area contributed by atoms with E-state index >= 15 is 0 Å². The highest BCUT2D eigenvalue weighted by Gasteiger charge is 2.30. The quantitative estimate of drug-likeness (QED) is 0.233. The van der Waals surface area contributed by atoms with Crippen LogP contribution in [0.3, 0.4) is 0 Å².